The smallest absolute Gasteiger partial charge is 0.314 e. The van der Waals surface area contributed by atoms with E-state index >= 15 is 0 Å². The molecule has 0 heterocycles. The molecule has 0 aromatic heterocycles. The molecule has 1 aromatic rings. The SMILES string of the molecule is CC(C)(O)Cc1cccc(C2(C(=O)O)CCCCC2)c1. The summed E-state index contributed by atoms with van der Waals surface area (Å²) in [6, 6.07) is 7.76. The molecule has 3 heteroatoms. The fourth-order valence-electron chi connectivity index (χ4n) is 3.26. The van der Waals surface area contributed by atoms with Gasteiger partial charge in [0.15, 0.2) is 0 Å². The van der Waals surface area contributed by atoms with E-state index < -0.39 is 17.0 Å². The Labute approximate surface area is 120 Å². The normalized spacial score (nSPS) is 18.8. The zero-order valence-corrected chi connectivity index (χ0v) is 12.4. The summed E-state index contributed by atoms with van der Waals surface area (Å²) in [5.74, 6) is -0.711. The van der Waals surface area contributed by atoms with Crippen LogP contribution in [0, 0.1) is 0 Å². The van der Waals surface area contributed by atoms with Crippen LogP contribution < -0.4 is 0 Å². The molecule has 2 rings (SSSR count). The lowest BCUT2D eigenvalue weighted by molar-refractivity contribution is -0.145. The molecule has 20 heavy (non-hydrogen) atoms. The second kappa shape index (κ2) is 5.57. The van der Waals surface area contributed by atoms with Crippen LogP contribution in [0.2, 0.25) is 0 Å². The van der Waals surface area contributed by atoms with Crippen molar-refractivity contribution in [3.05, 3.63) is 35.4 Å². The number of benzene rings is 1. The molecule has 110 valence electrons. The van der Waals surface area contributed by atoms with Gasteiger partial charge in [-0.2, -0.15) is 0 Å². The van der Waals surface area contributed by atoms with E-state index in [1.54, 1.807) is 13.8 Å². The first kappa shape index (κ1) is 15.0. The lowest BCUT2D eigenvalue weighted by Crippen LogP contribution is -2.38. The first-order chi connectivity index (χ1) is 9.33. The van der Waals surface area contributed by atoms with Crippen LogP contribution in [0.3, 0.4) is 0 Å². The third-order valence-corrected chi connectivity index (χ3v) is 4.23. The minimum atomic E-state index is -0.776. The van der Waals surface area contributed by atoms with Gasteiger partial charge in [0.1, 0.15) is 0 Å². The van der Waals surface area contributed by atoms with Gasteiger partial charge in [-0.25, -0.2) is 0 Å². The molecule has 0 unspecified atom stereocenters. The summed E-state index contributed by atoms with van der Waals surface area (Å²) in [6.45, 7) is 3.54. The van der Waals surface area contributed by atoms with E-state index in [-0.39, 0.29) is 0 Å². The summed E-state index contributed by atoms with van der Waals surface area (Å²) in [7, 11) is 0. The number of hydrogen-bond donors (Lipinski definition) is 2. The fourth-order valence-corrected chi connectivity index (χ4v) is 3.26. The zero-order valence-electron chi connectivity index (χ0n) is 12.4. The van der Waals surface area contributed by atoms with Crippen molar-refractivity contribution < 1.29 is 15.0 Å². The van der Waals surface area contributed by atoms with Gasteiger partial charge in [-0.05, 0) is 37.8 Å². The summed E-state index contributed by atoms with van der Waals surface area (Å²) in [6.07, 6.45) is 5.04. The first-order valence-corrected chi connectivity index (χ1v) is 7.39. The lowest BCUT2D eigenvalue weighted by atomic mass is 9.69. The van der Waals surface area contributed by atoms with Crippen LogP contribution >= 0.6 is 0 Å². The van der Waals surface area contributed by atoms with E-state index in [4.69, 9.17) is 0 Å². The Hall–Kier alpha value is -1.35. The van der Waals surface area contributed by atoms with Crippen molar-refractivity contribution in [2.75, 3.05) is 0 Å². The minimum Gasteiger partial charge on any atom is -0.481 e. The molecule has 3 nitrogen and oxygen atoms in total. The Kier molecular flexibility index (Phi) is 4.19. The molecule has 0 aliphatic heterocycles. The summed E-state index contributed by atoms with van der Waals surface area (Å²) in [4.78, 5) is 11.8. The third-order valence-electron chi connectivity index (χ3n) is 4.23. The minimum absolute atomic E-state index is 0.538. The van der Waals surface area contributed by atoms with Crippen LogP contribution in [0.5, 0.6) is 0 Å². The highest BCUT2D eigenvalue weighted by Gasteiger charge is 2.41. The van der Waals surface area contributed by atoms with Gasteiger partial charge in [0.05, 0.1) is 11.0 Å². The van der Waals surface area contributed by atoms with Crippen LogP contribution in [0.25, 0.3) is 0 Å². The molecule has 0 spiro atoms. The van der Waals surface area contributed by atoms with Crippen molar-refractivity contribution in [2.45, 2.75) is 63.4 Å². The predicted octanol–water partition coefficient (Wildman–Crippen LogP) is 3.29. The van der Waals surface area contributed by atoms with Crippen molar-refractivity contribution in [2.24, 2.45) is 0 Å². The van der Waals surface area contributed by atoms with Crippen molar-refractivity contribution in [3.63, 3.8) is 0 Å². The molecule has 0 saturated heterocycles. The maximum atomic E-state index is 11.8. The van der Waals surface area contributed by atoms with Gasteiger partial charge in [0.2, 0.25) is 0 Å². The molecular weight excluding hydrogens is 252 g/mol. The molecule has 1 aromatic carbocycles. The van der Waals surface area contributed by atoms with Crippen LogP contribution in [-0.2, 0) is 16.6 Å². The first-order valence-electron chi connectivity index (χ1n) is 7.39. The molecule has 0 bridgehead atoms. The van der Waals surface area contributed by atoms with Gasteiger partial charge in [-0.3, -0.25) is 4.79 Å². The highest BCUT2D eigenvalue weighted by atomic mass is 16.4. The summed E-state index contributed by atoms with van der Waals surface area (Å²) >= 11 is 0. The quantitative estimate of drug-likeness (QED) is 0.887. The summed E-state index contributed by atoms with van der Waals surface area (Å²) in [5.41, 5.74) is 0.391. The van der Waals surface area contributed by atoms with E-state index in [2.05, 4.69) is 0 Å². The maximum absolute atomic E-state index is 11.8. The van der Waals surface area contributed by atoms with Gasteiger partial charge in [-0.15, -0.1) is 0 Å². The number of carboxylic acid groups (broad SMARTS) is 1. The van der Waals surface area contributed by atoms with Crippen LogP contribution in [0.1, 0.15) is 57.1 Å². The Bertz CT molecular complexity index is 479. The molecule has 0 atom stereocenters. The van der Waals surface area contributed by atoms with Gasteiger partial charge in [0.25, 0.3) is 0 Å². The standard InChI is InChI=1S/C17H24O3/c1-16(2,20)12-13-7-6-8-14(11-13)17(15(18)19)9-4-3-5-10-17/h6-8,11,20H,3-5,9-10,12H2,1-2H3,(H,18,19). The number of aliphatic hydroxyl groups is 1. The van der Waals surface area contributed by atoms with E-state index in [1.165, 1.54) is 0 Å². The Morgan fingerprint density at radius 1 is 1.25 bits per heavy atom. The van der Waals surface area contributed by atoms with Crippen molar-refractivity contribution in [1.29, 1.82) is 0 Å². The number of hydrogen-bond acceptors (Lipinski definition) is 2. The van der Waals surface area contributed by atoms with Gasteiger partial charge >= 0.3 is 5.97 Å². The van der Waals surface area contributed by atoms with E-state index in [0.717, 1.165) is 30.4 Å². The van der Waals surface area contributed by atoms with Crippen molar-refractivity contribution >= 4 is 5.97 Å². The summed E-state index contributed by atoms with van der Waals surface area (Å²) < 4.78 is 0. The van der Waals surface area contributed by atoms with Gasteiger partial charge < -0.3 is 10.2 Å². The second-order valence-electron chi connectivity index (χ2n) is 6.64. The molecule has 0 radical (unpaired) electrons. The Balaban J connectivity index is 2.35. The highest BCUT2D eigenvalue weighted by Crippen LogP contribution is 2.40. The average Bonchev–Trinajstić information content (AvgIpc) is 2.37. The predicted molar refractivity (Wildman–Crippen MR) is 78.8 cm³/mol. The van der Waals surface area contributed by atoms with Crippen LogP contribution in [0.15, 0.2) is 24.3 Å². The molecule has 1 fully saturated rings. The zero-order chi connectivity index (χ0) is 14.8. The number of aliphatic carboxylic acids is 1. The second-order valence-corrected chi connectivity index (χ2v) is 6.64. The Morgan fingerprint density at radius 2 is 1.90 bits per heavy atom. The largest absolute Gasteiger partial charge is 0.481 e. The van der Waals surface area contributed by atoms with E-state index in [1.807, 2.05) is 24.3 Å². The fraction of sp³-hybridized carbons (Fsp3) is 0.588. The number of carboxylic acids is 1. The van der Waals surface area contributed by atoms with E-state index in [0.29, 0.717) is 19.3 Å². The Morgan fingerprint density at radius 3 is 2.45 bits per heavy atom. The van der Waals surface area contributed by atoms with Gasteiger partial charge in [-0.1, -0.05) is 43.5 Å². The maximum Gasteiger partial charge on any atom is 0.314 e. The van der Waals surface area contributed by atoms with Gasteiger partial charge in [0, 0.05) is 6.42 Å². The molecule has 1 aliphatic rings. The molecule has 1 aliphatic carbocycles. The average molecular weight is 276 g/mol. The van der Waals surface area contributed by atoms with Crippen LogP contribution in [0.4, 0.5) is 0 Å². The lowest BCUT2D eigenvalue weighted by Gasteiger charge is -2.34. The molecule has 0 amide bonds. The highest BCUT2D eigenvalue weighted by molar-refractivity contribution is 5.81. The summed E-state index contributed by atoms with van der Waals surface area (Å²) in [5, 5.41) is 19.6. The van der Waals surface area contributed by atoms with Crippen LogP contribution in [-0.4, -0.2) is 21.8 Å². The monoisotopic (exact) mass is 276 g/mol. The van der Waals surface area contributed by atoms with Crippen molar-refractivity contribution in [1.82, 2.24) is 0 Å². The number of carbonyl (C=O) groups is 1. The molecule has 2 N–H and O–H groups in total. The molecular formula is C17H24O3. The number of rotatable bonds is 4. The topological polar surface area (TPSA) is 57.5 Å². The molecule has 1 saturated carbocycles. The van der Waals surface area contributed by atoms with E-state index in [9.17, 15) is 15.0 Å². The van der Waals surface area contributed by atoms with Crippen molar-refractivity contribution in [3.8, 4) is 0 Å². The third kappa shape index (κ3) is 3.21.